The Labute approximate surface area is 161 Å². The molecule has 26 heavy (non-hydrogen) atoms. The van der Waals surface area contributed by atoms with Crippen LogP contribution in [-0.4, -0.2) is 15.4 Å². The van der Waals surface area contributed by atoms with Crippen LogP contribution in [0.15, 0.2) is 53.3 Å². The van der Waals surface area contributed by atoms with Crippen molar-refractivity contribution < 1.29 is 9.53 Å². The molecule has 4 rings (SSSR count). The predicted octanol–water partition coefficient (Wildman–Crippen LogP) is 4.57. The van der Waals surface area contributed by atoms with Gasteiger partial charge >= 0.3 is 5.97 Å². The molecule has 0 saturated heterocycles. The Morgan fingerprint density at radius 2 is 1.92 bits per heavy atom. The number of ether oxygens (including phenoxy) is 1. The van der Waals surface area contributed by atoms with Crippen LogP contribution in [0.3, 0.4) is 0 Å². The van der Waals surface area contributed by atoms with Gasteiger partial charge in [0.1, 0.15) is 6.61 Å². The zero-order valence-electron chi connectivity index (χ0n) is 13.1. The third kappa shape index (κ3) is 3.07. The van der Waals surface area contributed by atoms with E-state index in [1.54, 1.807) is 4.40 Å². The first kappa shape index (κ1) is 17.0. The van der Waals surface area contributed by atoms with Gasteiger partial charge in [-0.1, -0.05) is 46.7 Å². The highest BCUT2D eigenvalue weighted by Crippen LogP contribution is 2.24. The van der Waals surface area contributed by atoms with Crippen molar-refractivity contribution in [1.29, 1.82) is 0 Å². The van der Waals surface area contributed by atoms with E-state index in [1.165, 1.54) is 35.6 Å². The van der Waals surface area contributed by atoms with Crippen molar-refractivity contribution in [1.82, 2.24) is 9.38 Å². The zero-order chi connectivity index (χ0) is 18.3. The minimum absolute atomic E-state index is 0.112. The van der Waals surface area contributed by atoms with E-state index in [2.05, 4.69) is 4.98 Å². The van der Waals surface area contributed by atoms with Crippen LogP contribution in [0.25, 0.3) is 15.2 Å². The molecule has 0 amide bonds. The maximum Gasteiger partial charge on any atom is 0.338 e. The van der Waals surface area contributed by atoms with Crippen LogP contribution in [0.1, 0.15) is 16.1 Å². The summed E-state index contributed by atoms with van der Waals surface area (Å²) < 4.78 is 7.75. The number of nitrogens with zero attached hydrogens (tertiary/aromatic N) is 2. The highest BCUT2D eigenvalue weighted by Gasteiger charge is 2.13. The molecule has 0 bridgehead atoms. The number of carbonyl (C=O) groups excluding carboxylic acids is 1. The molecular formula is C18H10Cl2N2O3S. The lowest BCUT2D eigenvalue weighted by Gasteiger charge is -2.05. The maximum absolute atomic E-state index is 12.4. The van der Waals surface area contributed by atoms with Crippen LogP contribution in [0.2, 0.25) is 10.0 Å². The van der Waals surface area contributed by atoms with Gasteiger partial charge in [0.05, 0.1) is 31.5 Å². The molecule has 4 aromatic rings. The van der Waals surface area contributed by atoms with Crippen molar-refractivity contribution in [3.63, 3.8) is 0 Å². The molecular weight excluding hydrogens is 395 g/mol. The van der Waals surface area contributed by atoms with Gasteiger partial charge in [-0.3, -0.25) is 9.20 Å². The van der Waals surface area contributed by atoms with Gasteiger partial charge in [-0.2, -0.15) is 0 Å². The quantitative estimate of drug-likeness (QED) is 0.469. The fourth-order valence-electron chi connectivity index (χ4n) is 2.54. The Kier molecular flexibility index (Phi) is 4.40. The van der Waals surface area contributed by atoms with Crippen LogP contribution in [0.4, 0.5) is 0 Å². The summed E-state index contributed by atoms with van der Waals surface area (Å²) in [5, 5.41) is 0.622. The fourth-order valence-corrected chi connectivity index (χ4v) is 3.89. The molecule has 2 aromatic heterocycles. The molecule has 0 aliphatic carbocycles. The first-order chi connectivity index (χ1) is 12.5. The highest BCUT2D eigenvalue weighted by molar-refractivity contribution is 7.23. The molecule has 130 valence electrons. The van der Waals surface area contributed by atoms with Crippen LogP contribution >= 0.6 is 34.5 Å². The number of benzene rings is 2. The molecule has 0 aliphatic heterocycles. The Morgan fingerprint density at radius 3 is 2.73 bits per heavy atom. The number of carbonyl (C=O) groups is 1. The number of fused-ring (bicyclic) bond motifs is 3. The molecule has 2 heterocycles. The predicted molar refractivity (Wildman–Crippen MR) is 102 cm³/mol. The van der Waals surface area contributed by atoms with E-state index in [9.17, 15) is 9.59 Å². The summed E-state index contributed by atoms with van der Waals surface area (Å²) in [5.41, 5.74) is 1.26. The van der Waals surface area contributed by atoms with Gasteiger partial charge in [0.25, 0.3) is 5.56 Å². The van der Waals surface area contributed by atoms with Crippen molar-refractivity contribution in [2.75, 3.05) is 0 Å². The third-order valence-corrected chi connectivity index (χ3v) is 5.52. The van der Waals surface area contributed by atoms with E-state index in [0.29, 0.717) is 15.7 Å². The van der Waals surface area contributed by atoms with Gasteiger partial charge in [0, 0.05) is 6.07 Å². The number of hydrogen-bond acceptors (Lipinski definition) is 5. The second-order valence-electron chi connectivity index (χ2n) is 5.48. The van der Waals surface area contributed by atoms with Crippen molar-refractivity contribution in [2.24, 2.45) is 0 Å². The molecule has 0 unspecified atom stereocenters. The standard InChI is InChI=1S/C18H10Cl2N2O3S/c19-12-6-5-10(7-13(12)20)17(24)25-9-11-8-16(23)22-14-3-1-2-4-15(14)26-18(22)21-11/h1-8H,9H2. The number of thiazole rings is 1. The van der Waals surface area contributed by atoms with E-state index in [1.807, 2.05) is 24.3 Å². The number of para-hydroxylation sites is 1. The topological polar surface area (TPSA) is 60.7 Å². The highest BCUT2D eigenvalue weighted by atomic mass is 35.5. The monoisotopic (exact) mass is 404 g/mol. The number of halogens is 2. The molecule has 0 spiro atoms. The molecule has 0 radical (unpaired) electrons. The van der Waals surface area contributed by atoms with Gasteiger partial charge in [-0.15, -0.1) is 0 Å². The smallest absolute Gasteiger partial charge is 0.338 e. The Morgan fingerprint density at radius 1 is 1.12 bits per heavy atom. The number of hydrogen-bond donors (Lipinski definition) is 0. The first-order valence-corrected chi connectivity index (χ1v) is 9.12. The van der Waals surface area contributed by atoms with E-state index < -0.39 is 5.97 Å². The van der Waals surface area contributed by atoms with Crippen molar-refractivity contribution in [3.05, 3.63) is 80.2 Å². The Balaban J connectivity index is 1.61. The number of rotatable bonds is 3. The normalized spacial score (nSPS) is 11.2. The maximum atomic E-state index is 12.4. The van der Waals surface area contributed by atoms with Crippen LogP contribution < -0.4 is 5.56 Å². The second kappa shape index (κ2) is 6.72. The fraction of sp³-hybridized carbons (Fsp3) is 0.0556. The summed E-state index contributed by atoms with van der Waals surface area (Å²) in [4.78, 5) is 29.5. The first-order valence-electron chi connectivity index (χ1n) is 7.55. The average molecular weight is 405 g/mol. The van der Waals surface area contributed by atoms with Crippen molar-refractivity contribution in [3.8, 4) is 0 Å². The lowest BCUT2D eigenvalue weighted by atomic mass is 10.2. The molecule has 2 aromatic carbocycles. The molecule has 8 heteroatoms. The number of aromatic nitrogens is 2. The summed E-state index contributed by atoms with van der Waals surface area (Å²) in [6.45, 7) is -0.112. The summed E-state index contributed by atoms with van der Waals surface area (Å²) in [6, 6.07) is 13.4. The number of esters is 1. The summed E-state index contributed by atoms with van der Waals surface area (Å²) >= 11 is 13.1. The molecule has 0 aliphatic rings. The molecule has 0 N–H and O–H groups in total. The molecule has 0 saturated carbocycles. The molecule has 0 fully saturated rings. The van der Waals surface area contributed by atoms with Gasteiger partial charge in [0.2, 0.25) is 0 Å². The lowest BCUT2D eigenvalue weighted by Crippen LogP contribution is -2.15. The van der Waals surface area contributed by atoms with Gasteiger partial charge in [-0.25, -0.2) is 9.78 Å². The summed E-state index contributed by atoms with van der Waals surface area (Å²) in [5.74, 6) is -0.568. The zero-order valence-corrected chi connectivity index (χ0v) is 15.4. The molecule has 0 atom stereocenters. The minimum Gasteiger partial charge on any atom is -0.456 e. The third-order valence-electron chi connectivity index (χ3n) is 3.75. The van der Waals surface area contributed by atoms with Gasteiger partial charge in [0.15, 0.2) is 4.96 Å². The SMILES string of the molecule is O=C(OCc1cc(=O)n2c(n1)sc1ccccc12)c1ccc(Cl)c(Cl)c1. The van der Waals surface area contributed by atoms with Crippen molar-refractivity contribution >= 4 is 55.7 Å². The average Bonchev–Trinajstić information content (AvgIpc) is 3.00. The van der Waals surface area contributed by atoms with Crippen LogP contribution in [0.5, 0.6) is 0 Å². The molecule has 5 nitrogen and oxygen atoms in total. The Bertz CT molecular complexity index is 1220. The van der Waals surface area contributed by atoms with Gasteiger partial charge < -0.3 is 4.74 Å². The second-order valence-corrected chi connectivity index (χ2v) is 7.30. The summed E-state index contributed by atoms with van der Waals surface area (Å²) in [7, 11) is 0. The van der Waals surface area contributed by atoms with E-state index in [-0.39, 0.29) is 22.8 Å². The van der Waals surface area contributed by atoms with Crippen LogP contribution in [0, 0.1) is 0 Å². The van der Waals surface area contributed by atoms with E-state index in [0.717, 1.165) is 10.2 Å². The minimum atomic E-state index is -0.568. The Hall–Kier alpha value is -2.41. The van der Waals surface area contributed by atoms with Crippen molar-refractivity contribution in [2.45, 2.75) is 6.61 Å². The van der Waals surface area contributed by atoms with E-state index >= 15 is 0 Å². The summed E-state index contributed by atoms with van der Waals surface area (Å²) in [6.07, 6.45) is 0. The largest absolute Gasteiger partial charge is 0.456 e. The van der Waals surface area contributed by atoms with E-state index in [4.69, 9.17) is 27.9 Å². The lowest BCUT2D eigenvalue weighted by molar-refractivity contribution is 0.0468. The van der Waals surface area contributed by atoms with Crippen LogP contribution in [-0.2, 0) is 11.3 Å². The van der Waals surface area contributed by atoms with Gasteiger partial charge in [-0.05, 0) is 30.3 Å².